The predicted molar refractivity (Wildman–Crippen MR) is 92.2 cm³/mol. The van der Waals surface area contributed by atoms with Crippen LogP contribution in [0.4, 0.5) is 13.2 Å². The minimum Gasteiger partial charge on any atom is -0.352 e. The Balaban J connectivity index is 0.00000529. The molecule has 3 nitrogen and oxygen atoms in total. The van der Waals surface area contributed by atoms with Gasteiger partial charge in [0.25, 0.3) is 0 Å². The van der Waals surface area contributed by atoms with E-state index in [1.165, 1.54) is 12.1 Å². The molecular weight excluding hydrogens is 341 g/mol. The molecule has 0 fully saturated rings. The number of nitrogens with one attached hydrogen (secondary N) is 1. The molecule has 0 bridgehead atoms. The summed E-state index contributed by atoms with van der Waals surface area (Å²) < 4.78 is 39.1. The number of unbranched alkanes of at least 4 members (excludes halogenated alkanes) is 1. The van der Waals surface area contributed by atoms with Gasteiger partial charge in [0.1, 0.15) is 0 Å². The first-order valence-corrected chi connectivity index (χ1v) is 7.95. The molecule has 0 saturated carbocycles. The van der Waals surface area contributed by atoms with Crippen LogP contribution in [0.5, 0.6) is 0 Å². The Hall–Kier alpha value is -1.27. The van der Waals surface area contributed by atoms with Crippen molar-refractivity contribution in [3.63, 3.8) is 0 Å². The standard InChI is InChI=1S/C17H25F3N2O.ClH/c1-3-4-7-13(11-21)22-16(23)10-12(2)14-8-5-6-9-15(14)17(18,19)20;/h5-6,8-9,12-13H,3-4,7,10-11,21H2,1-2H3,(H,22,23);1H. The van der Waals surface area contributed by atoms with E-state index in [4.69, 9.17) is 5.73 Å². The molecule has 0 aromatic heterocycles. The Kier molecular flexibility index (Phi) is 10.0. The van der Waals surface area contributed by atoms with Gasteiger partial charge in [-0.15, -0.1) is 12.4 Å². The number of benzene rings is 1. The van der Waals surface area contributed by atoms with Crippen molar-refractivity contribution in [1.82, 2.24) is 5.32 Å². The Morgan fingerprint density at radius 2 is 1.92 bits per heavy atom. The third-order valence-electron chi connectivity index (χ3n) is 3.84. The van der Waals surface area contributed by atoms with Crippen LogP contribution in [0.3, 0.4) is 0 Å². The van der Waals surface area contributed by atoms with Gasteiger partial charge in [-0.1, -0.05) is 44.9 Å². The summed E-state index contributed by atoms with van der Waals surface area (Å²) in [5.74, 6) is -0.779. The Bertz CT molecular complexity index is 509. The van der Waals surface area contributed by atoms with Crippen molar-refractivity contribution in [3.8, 4) is 0 Å². The summed E-state index contributed by atoms with van der Waals surface area (Å²) in [5, 5.41) is 2.82. The first-order valence-electron chi connectivity index (χ1n) is 7.95. The van der Waals surface area contributed by atoms with E-state index < -0.39 is 17.7 Å². The minimum absolute atomic E-state index is 0. The van der Waals surface area contributed by atoms with Crippen molar-refractivity contribution in [2.24, 2.45) is 5.73 Å². The van der Waals surface area contributed by atoms with E-state index in [9.17, 15) is 18.0 Å². The summed E-state index contributed by atoms with van der Waals surface area (Å²) in [6, 6.07) is 5.27. The van der Waals surface area contributed by atoms with Gasteiger partial charge in [-0.3, -0.25) is 4.79 Å². The van der Waals surface area contributed by atoms with Gasteiger partial charge in [0, 0.05) is 19.0 Å². The molecule has 1 rings (SSSR count). The summed E-state index contributed by atoms with van der Waals surface area (Å²) in [7, 11) is 0. The molecule has 0 aliphatic rings. The summed E-state index contributed by atoms with van der Waals surface area (Å²) in [6.45, 7) is 4.01. The van der Waals surface area contributed by atoms with E-state index in [1.54, 1.807) is 13.0 Å². The van der Waals surface area contributed by atoms with Crippen LogP contribution in [-0.2, 0) is 11.0 Å². The van der Waals surface area contributed by atoms with Crippen molar-refractivity contribution in [3.05, 3.63) is 35.4 Å². The molecule has 1 amide bonds. The fraction of sp³-hybridized carbons (Fsp3) is 0.588. The molecule has 2 atom stereocenters. The third kappa shape index (κ3) is 7.09. The van der Waals surface area contributed by atoms with Gasteiger partial charge in [-0.25, -0.2) is 0 Å². The second kappa shape index (κ2) is 10.6. The lowest BCUT2D eigenvalue weighted by Gasteiger charge is -2.20. The normalized spacial score (nSPS) is 13.8. The Morgan fingerprint density at radius 1 is 1.29 bits per heavy atom. The number of nitrogens with two attached hydrogens (primary N) is 1. The van der Waals surface area contributed by atoms with Crippen molar-refractivity contribution in [2.45, 2.75) is 57.7 Å². The molecule has 0 spiro atoms. The van der Waals surface area contributed by atoms with Crippen LogP contribution in [0.25, 0.3) is 0 Å². The maximum Gasteiger partial charge on any atom is 0.416 e. The average Bonchev–Trinajstić information content (AvgIpc) is 2.50. The second-order valence-corrected chi connectivity index (χ2v) is 5.83. The van der Waals surface area contributed by atoms with Crippen LogP contribution in [0.15, 0.2) is 24.3 Å². The smallest absolute Gasteiger partial charge is 0.352 e. The highest BCUT2D eigenvalue weighted by atomic mass is 35.5. The largest absolute Gasteiger partial charge is 0.416 e. The number of halogens is 4. The van der Waals surface area contributed by atoms with E-state index in [-0.39, 0.29) is 36.3 Å². The number of hydrogen-bond acceptors (Lipinski definition) is 2. The highest BCUT2D eigenvalue weighted by Crippen LogP contribution is 2.35. The summed E-state index contributed by atoms with van der Waals surface area (Å²) in [4.78, 5) is 12.1. The van der Waals surface area contributed by atoms with E-state index in [0.29, 0.717) is 6.54 Å². The molecule has 0 aliphatic heterocycles. The van der Waals surface area contributed by atoms with E-state index in [2.05, 4.69) is 5.32 Å². The van der Waals surface area contributed by atoms with E-state index in [0.717, 1.165) is 25.3 Å². The van der Waals surface area contributed by atoms with Gasteiger partial charge in [-0.2, -0.15) is 13.2 Å². The SMILES string of the molecule is CCCCC(CN)NC(=O)CC(C)c1ccccc1C(F)(F)F.Cl. The van der Waals surface area contributed by atoms with Crippen molar-refractivity contribution in [1.29, 1.82) is 0 Å². The van der Waals surface area contributed by atoms with Crippen LogP contribution >= 0.6 is 12.4 Å². The molecule has 0 aliphatic carbocycles. The number of rotatable bonds is 8. The molecule has 7 heteroatoms. The van der Waals surface area contributed by atoms with Crippen molar-refractivity contribution < 1.29 is 18.0 Å². The topological polar surface area (TPSA) is 55.1 Å². The fourth-order valence-electron chi connectivity index (χ4n) is 2.56. The van der Waals surface area contributed by atoms with Gasteiger partial charge in [0.2, 0.25) is 5.91 Å². The lowest BCUT2D eigenvalue weighted by atomic mass is 9.92. The van der Waals surface area contributed by atoms with Gasteiger partial charge < -0.3 is 11.1 Å². The fourth-order valence-corrected chi connectivity index (χ4v) is 2.56. The summed E-state index contributed by atoms with van der Waals surface area (Å²) in [6.07, 6.45) is -1.67. The summed E-state index contributed by atoms with van der Waals surface area (Å²) >= 11 is 0. The second-order valence-electron chi connectivity index (χ2n) is 5.83. The molecule has 1 aromatic rings. The van der Waals surface area contributed by atoms with Gasteiger partial charge in [0.15, 0.2) is 0 Å². The minimum atomic E-state index is -4.41. The number of hydrogen-bond donors (Lipinski definition) is 2. The maximum atomic E-state index is 13.0. The van der Waals surface area contributed by atoms with Gasteiger partial charge >= 0.3 is 6.18 Å². The molecule has 24 heavy (non-hydrogen) atoms. The Morgan fingerprint density at radius 3 is 2.46 bits per heavy atom. The zero-order chi connectivity index (χ0) is 17.5. The van der Waals surface area contributed by atoms with E-state index in [1.807, 2.05) is 6.92 Å². The number of carbonyl (C=O) groups is 1. The van der Waals surface area contributed by atoms with Gasteiger partial charge in [-0.05, 0) is 24.0 Å². The molecule has 2 unspecified atom stereocenters. The van der Waals surface area contributed by atoms with Crippen molar-refractivity contribution >= 4 is 18.3 Å². The first-order chi connectivity index (χ1) is 10.8. The van der Waals surface area contributed by atoms with Crippen LogP contribution < -0.4 is 11.1 Å². The highest BCUT2D eigenvalue weighted by Gasteiger charge is 2.34. The van der Waals surface area contributed by atoms with E-state index >= 15 is 0 Å². The highest BCUT2D eigenvalue weighted by molar-refractivity contribution is 5.85. The van der Waals surface area contributed by atoms with Crippen LogP contribution in [0.2, 0.25) is 0 Å². The number of carbonyl (C=O) groups excluding carboxylic acids is 1. The molecule has 138 valence electrons. The predicted octanol–water partition coefficient (Wildman–Crippen LogP) is 4.25. The van der Waals surface area contributed by atoms with Crippen LogP contribution in [0.1, 0.15) is 56.6 Å². The van der Waals surface area contributed by atoms with Crippen LogP contribution in [0, 0.1) is 0 Å². The number of amides is 1. The maximum absolute atomic E-state index is 13.0. The lowest BCUT2D eigenvalue weighted by molar-refractivity contribution is -0.138. The zero-order valence-electron chi connectivity index (χ0n) is 14.0. The Labute approximate surface area is 147 Å². The van der Waals surface area contributed by atoms with Crippen LogP contribution in [-0.4, -0.2) is 18.5 Å². The summed E-state index contributed by atoms with van der Waals surface area (Å²) in [5.41, 5.74) is 5.09. The molecular formula is C17H26ClF3N2O. The third-order valence-corrected chi connectivity index (χ3v) is 3.84. The van der Waals surface area contributed by atoms with Crippen molar-refractivity contribution in [2.75, 3.05) is 6.54 Å². The van der Waals surface area contributed by atoms with Gasteiger partial charge in [0.05, 0.1) is 5.56 Å². The molecule has 1 aromatic carbocycles. The first kappa shape index (κ1) is 22.7. The average molecular weight is 367 g/mol. The molecule has 0 heterocycles. The molecule has 0 saturated heterocycles. The quantitative estimate of drug-likeness (QED) is 0.722. The zero-order valence-corrected chi connectivity index (χ0v) is 14.8. The molecule has 3 N–H and O–H groups in total. The lowest BCUT2D eigenvalue weighted by Crippen LogP contribution is -2.40. The molecule has 0 radical (unpaired) electrons. The monoisotopic (exact) mass is 366 g/mol. The number of alkyl halides is 3.